The van der Waals surface area contributed by atoms with Crippen molar-refractivity contribution in [2.24, 2.45) is 5.73 Å². The molecule has 3 rings (SSSR count). The molecular weight excluding hydrogens is 258 g/mol. The number of nitrogens with zero attached hydrogens (tertiary/aromatic N) is 2. The molecule has 5 heteroatoms. The predicted molar refractivity (Wildman–Crippen MR) is 76.7 cm³/mol. The molecule has 100 valence electrons. The fraction of sp³-hybridized carbons (Fsp3) is 0.429. The van der Waals surface area contributed by atoms with Gasteiger partial charge in [-0.3, -0.25) is 0 Å². The van der Waals surface area contributed by atoms with E-state index < -0.39 is 0 Å². The highest BCUT2D eigenvalue weighted by molar-refractivity contribution is 7.97. The van der Waals surface area contributed by atoms with Gasteiger partial charge in [0.05, 0.1) is 5.54 Å². The Morgan fingerprint density at radius 3 is 2.63 bits per heavy atom. The lowest BCUT2D eigenvalue weighted by Crippen LogP contribution is -2.44. The van der Waals surface area contributed by atoms with Crippen molar-refractivity contribution in [2.75, 3.05) is 6.26 Å². The van der Waals surface area contributed by atoms with Crippen molar-refractivity contribution in [3.8, 4) is 11.5 Å². The molecule has 0 bridgehead atoms. The maximum atomic E-state index is 6.19. The highest BCUT2D eigenvalue weighted by atomic mass is 32.2. The van der Waals surface area contributed by atoms with Gasteiger partial charge in [0.1, 0.15) is 0 Å². The Kier molecular flexibility index (Phi) is 3.33. The second-order valence-electron chi connectivity index (χ2n) is 5.06. The molecule has 0 amide bonds. The number of aromatic nitrogens is 2. The zero-order valence-corrected chi connectivity index (χ0v) is 11.7. The zero-order chi connectivity index (χ0) is 13.3. The molecule has 1 saturated carbocycles. The highest BCUT2D eigenvalue weighted by Crippen LogP contribution is 2.37. The Hall–Kier alpha value is -1.33. The highest BCUT2D eigenvalue weighted by Gasteiger charge is 2.39. The van der Waals surface area contributed by atoms with E-state index >= 15 is 0 Å². The van der Waals surface area contributed by atoms with Gasteiger partial charge in [-0.2, -0.15) is 16.7 Å². The topological polar surface area (TPSA) is 64.9 Å². The Bertz CT molecular complexity index is 560. The van der Waals surface area contributed by atoms with E-state index in [-0.39, 0.29) is 5.54 Å². The van der Waals surface area contributed by atoms with Gasteiger partial charge in [-0.1, -0.05) is 17.3 Å². The molecule has 4 nitrogen and oxygen atoms in total. The third-order valence-corrected chi connectivity index (χ3v) is 4.25. The molecule has 1 heterocycles. The Labute approximate surface area is 116 Å². The molecule has 1 aliphatic rings. The van der Waals surface area contributed by atoms with Crippen LogP contribution < -0.4 is 5.73 Å². The van der Waals surface area contributed by atoms with Crippen LogP contribution in [0.5, 0.6) is 0 Å². The van der Waals surface area contributed by atoms with Crippen LogP contribution >= 0.6 is 11.8 Å². The molecule has 0 aliphatic heterocycles. The molecule has 0 saturated heterocycles. The van der Waals surface area contributed by atoms with Gasteiger partial charge in [0.25, 0.3) is 5.89 Å². The van der Waals surface area contributed by atoms with Crippen molar-refractivity contribution in [1.29, 1.82) is 0 Å². The Morgan fingerprint density at radius 1 is 1.32 bits per heavy atom. The van der Waals surface area contributed by atoms with Crippen molar-refractivity contribution in [3.63, 3.8) is 0 Å². The van der Waals surface area contributed by atoms with E-state index in [9.17, 15) is 0 Å². The van der Waals surface area contributed by atoms with Crippen LogP contribution in [-0.4, -0.2) is 16.4 Å². The zero-order valence-electron chi connectivity index (χ0n) is 10.9. The minimum Gasteiger partial charge on any atom is -0.334 e. The smallest absolute Gasteiger partial charge is 0.257 e. The lowest BCUT2D eigenvalue weighted by molar-refractivity contribution is 0.229. The summed E-state index contributed by atoms with van der Waals surface area (Å²) in [6.45, 7) is 0. The van der Waals surface area contributed by atoms with Crippen LogP contribution in [0.3, 0.4) is 0 Å². The van der Waals surface area contributed by atoms with Gasteiger partial charge in [0.2, 0.25) is 0 Å². The van der Waals surface area contributed by atoms with Crippen LogP contribution in [0.2, 0.25) is 0 Å². The minimum absolute atomic E-state index is 0.361. The maximum Gasteiger partial charge on any atom is 0.257 e. The van der Waals surface area contributed by atoms with E-state index in [1.54, 1.807) is 11.8 Å². The van der Waals surface area contributed by atoms with Gasteiger partial charge in [-0.25, -0.2) is 0 Å². The van der Waals surface area contributed by atoms with E-state index in [0.717, 1.165) is 30.6 Å². The fourth-order valence-electron chi connectivity index (χ4n) is 2.23. The van der Waals surface area contributed by atoms with Crippen molar-refractivity contribution in [2.45, 2.75) is 30.6 Å². The Balaban J connectivity index is 1.82. The summed E-state index contributed by atoms with van der Waals surface area (Å²) in [7, 11) is 0. The van der Waals surface area contributed by atoms with Crippen molar-refractivity contribution in [3.05, 3.63) is 35.7 Å². The monoisotopic (exact) mass is 275 g/mol. The molecule has 2 aromatic rings. The van der Waals surface area contributed by atoms with E-state index in [1.165, 1.54) is 5.56 Å². The molecule has 1 aliphatic carbocycles. The molecule has 19 heavy (non-hydrogen) atoms. The molecule has 1 aromatic heterocycles. The van der Waals surface area contributed by atoms with E-state index in [1.807, 2.05) is 12.1 Å². The first kappa shape index (κ1) is 12.7. The number of rotatable bonds is 4. The second-order valence-corrected chi connectivity index (χ2v) is 5.93. The van der Waals surface area contributed by atoms with Gasteiger partial charge in [-0.15, -0.1) is 0 Å². The fourth-order valence-corrected chi connectivity index (χ4v) is 2.76. The first-order chi connectivity index (χ1) is 9.21. The summed E-state index contributed by atoms with van der Waals surface area (Å²) in [5.74, 6) is 2.21. The van der Waals surface area contributed by atoms with Crippen LogP contribution in [-0.2, 0) is 11.3 Å². The average Bonchev–Trinajstić information content (AvgIpc) is 2.87. The largest absolute Gasteiger partial charge is 0.334 e. The molecule has 2 N–H and O–H groups in total. The molecule has 0 atom stereocenters. The summed E-state index contributed by atoms with van der Waals surface area (Å²) in [5, 5.41) is 4.03. The van der Waals surface area contributed by atoms with Gasteiger partial charge in [0.15, 0.2) is 5.82 Å². The van der Waals surface area contributed by atoms with E-state index in [4.69, 9.17) is 10.3 Å². The molecule has 1 fully saturated rings. The summed E-state index contributed by atoms with van der Waals surface area (Å²) in [6, 6.07) is 8.23. The number of nitrogens with two attached hydrogens (primary N) is 1. The Morgan fingerprint density at radius 2 is 2.05 bits per heavy atom. The summed E-state index contributed by atoms with van der Waals surface area (Å²) >= 11 is 1.81. The number of hydrogen-bond donors (Lipinski definition) is 1. The predicted octanol–water partition coefficient (Wildman–Crippen LogP) is 2.94. The lowest BCUT2D eigenvalue weighted by Gasteiger charge is -2.34. The summed E-state index contributed by atoms with van der Waals surface area (Å²) in [6.07, 6.45) is 5.12. The molecule has 0 radical (unpaired) electrons. The SMILES string of the molecule is CSCc1ccc(-c2nc(C3(N)CCC3)no2)cc1. The van der Waals surface area contributed by atoms with Gasteiger partial charge >= 0.3 is 0 Å². The van der Waals surface area contributed by atoms with Crippen molar-refractivity contribution in [1.82, 2.24) is 10.1 Å². The minimum atomic E-state index is -0.361. The molecule has 0 spiro atoms. The van der Waals surface area contributed by atoms with E-state index in [2.05, 4.69) is 28.5 Å². The van der Waals surface area contributed by atoms with Crippen molar-refractivity contribution >= 4 is 11.8 Å². The first-order valence-corrected chi connectivity index (χ1v) is 7.82. The maximum absolute atomic E-state index is 6.19. The third kappa shape index (κ3) is 2.40. The lowest BCUT2D eigenvalue weighted by atomic mass is 9.77. The third-order valence-electron chi connectivity index (χ3n) is 3.63. The molecule has 0 unspecified atom stereocenters. The van der Waals surface area contributed by atoms with Crippen molar-refractivity contribution < 1.29 is 4.52 Å². The van der Waals surface area contributed by atoms with Crippen LogP contribution in [0.15, 0.2) is 28.8 Å². The quantitative estimate of drug-likeness (QED) is 0.929. The first-order valence-electron chi connectivity index (χ1n) is 6.43. The summed E-state index contributed by atoms with van der Waals surface area (Å²) in [5.41, 5.74) is 8.08. The molecular formula is C14H17N3OS. The van der Waals surface area contributed by atoms with Gasteiger partial charge in [-0.05, 0) is 43.2 Å². The number of hydrogen-bond acceptors (Lipinski definition) is 5. The number of thioether (sulfide) groups is 1. The second kappa shape index (κ2) is 4.98. The summed E-state index contributed by atoms with van der Waals surface area (Å²) in [4.78, 5) is 4.44. The van der Waals surface area contributed by atoms with Gasteiger partial charge in [0, 0.05) is 11.3 Å². The van der Waals surface area contributed by atoms with Crippen LogP contribution in [0, 0.1) is 0 Å². The van der Waals surface area contributed by atoms with Crippen LogP contribution in [0.25, 0.3) is 11.5 Å². The molecule has 1 aromatic carbocycles. The standard InChI is InChI=1S/C14H17N3OS/c1-19-9-10-3-5-11(6-4-10)12-16-13(17-18-12)14(15)7-2-8-14/h3-6H,2,7-9,15H2,1H3. The average molecular weight is 275 g/mol. The van der Waals surface area contributed by atoms with E-state index in [0.29, 0.717) is 11.7 Å². The summed E-state index contributed by atoms with van der Waals surface area (Å²) < 4.78 is 5.33. The number of benzene rings is 1. The van der Waals surface area contributed by atoms with Crippen LogP contribution in [0.4, 0.5) is 0 Å². The van der Waals surface area contributed by atoms with Gasteiger partial charge < -0.3 is 10.3 Å². The van der Waals surface area contributed by atoms with Crippen LogP contribution in [0.1, 0.15) is 30.7 Å². The normalized spacial score (nSPS) is 17.2.